The molecule has 0 atom stereocenters. The molecule has 30 heavy (non-hydrogen) atoms. The molecule has 0 radical (unpaired) electrons. The molecule has 2 heterocycles. The van der Waals surface area contributed by atoms with Crippen LogP contribution in [-0.2, 0) is 6.42 Å². The quantitative estimate of drug-likeness (QED) is 0.479. The Hall–Kier alpha value is -2.93. The number of rotatable bonds is 6. The SMILES string of the molecule is CCCc1cc2c(NC3CCC(N)CC3)c(C(=O)Nc3ccc(F)cc3)cnc2[nH]1. The highest BCUT2D eigenvalue weighted by Crippen LogP contribution is 2.31. The van der Waals surface area contributed by atoms with Gasteiger partial charge in [0, 0.05) is 35.0 Å². The summed E-state index contributed by atoms with van der Waals surface area (Å²) in [7, 11) is 0. The third-order valence-corrected chi connectivity index (χ3v) is 5.70. The number of carbonyl (C=O) groups excluding carboxylic acids is 1. The molecular weight excluding hydrogens is 381 g/mol. The Bertz CT molecular complexity index is 1020. The lowest BCUT2D eigenvalue weighted by Crippen LogP contribution is -2.33. The molecule has 1 aromatic carbocycles. The molecule has 0 spiro atoms. The van der Waals surface area contributed by atoms with Gasteiger partial charge in [0.05, 0.1) is 11.3 Å². The van der Waals surface area contributed by atoms with Crippen LogP contribution in [0.4, 0.5) is 15.8 Å². The number of nitrogens with one attached hydrogen (secondary N) is 3. The number of aromatic nitrogens is 2. The van der Waals surface area contributed by atoms with Crippen molar-refractivity contribution in [3.05, 3.63) is 53.6 Å². The number of nitrogens with zero attached hydrogens (tertiary/aromatic N) is 1. The topological polar surface area (TPSA) is 95.8 Å². The number of carbonyl (C=O) groups is 1. The van der Waals surface area contributed by atoms with Crippen LogP contribution in [0.2, 0.25) is 0 Å². The van der Waals surface area contributed by atoms with Gasteiger partial charge in [-0.1, -0.05) is 13.3 Å². The van der Waals surface area contributed by atoms with Gasteiger partial charge in [-0.2, -0.15) is 0 Å². The molecule has 2 aromatic heterocycles. The van der Waals surface area contributed by atoms with Gasteiger partial charge in [0.1, 0.15) is 11.5 Å². The van der Waals surface area contributed by atoms with Crippen molar-refractivity contribution < 1.29 is 9.18 Å². The minimum atomic E-state index is -0.343. The van der Waals surface area contributed by atoms with Crippen LogP contribution in [0.5, 0.6) is 0 Å². The molecule has 4 rings (SSSR count). The molecule has 0 saturated heterocycles. The van der Waals surface area contributed by atoms with Crippen LogP contribution in [0, 0.1) is 5.82 Å². The number of pyridine rings is 1. The lowest BCUT2D eigenvalue weighted by atomic mass is 9.91. The fourth-order valence-electron chi connectivity index (χ4n) is 4.06. The van der Waals surface area contributed by atoms with Crippen LogP contribution in [0.3, 0.4) is 0 Å². The number of aromatic amines is 1. The van der Waals surface area contributed by atoms with Crippen molar-refractivity contribution in [1.29, 1.82) is 0 Å². The van der Waals surface area contributed by atoms with Gasteiger partial charge in [-0.15, -0.1) is 0 Å². The average molecular weight is 410 g/mol. The Morgan fingerprint density at radius 1 is 1.23 bits per heavy atom. The Kier molecular flexibility index (Phi) is 5.99. The van der Waals surface area contributed by atoms with Crippen molar-refractivity contribution in [3.63, 3.8) is 0 Å². The van der Waals surface area contributed by atoms with Crippen LogP contribution in [0.1, 0.15) is 55.1 Å². The smallest absolute Gasteiger partial charge is 0.259 e. The minimum Gasteiger partial charge on any atom is -0.381 e. The van der Waals surface area contributed by atoms with E-state index in [0.29, 0.717) is 11.3 Å². The number of aryl methyl sites for hydroxylation is 1. The summed E-state index contributed by atoms with van der Waals surface area (Å²) in [5.74, 6) is -0.617. The Labute approximate surface area is 175 Å². The van der Waals surface area contributed by atoms with Crippen molar-refractivity contribution in [1.82, 2.24) is 9.97 Å². The summed E-state index contributed by atoms with van der Waals surface area (Å²) in [5.41, 5.74) is 9.74. The van der Waals surface area contributed by atoms with E-state index in [1.54, 1.807) is 18.3 Å². The lowest BCUT2D eigenvalue weighted by molar-refractivity contribution is 0.102. The van der Waals surface area contributed by atoms with Crippen molar-refractivity contribution in [2.75, 3.05) is 10.6 Å². The van der Waals surface area contributed by atoms with Crippen LogP contribution in [0.25, 0.3) is 11.0 Å². The monoisotopic (exact) mass is 409 g/mol. The zero-order valence-corrected chi connectivity index (χ0v) is 17.2. The van der Waals surface area contributed by atoms with E-state index in [9.17, 15) is 9.18 Å². The first kappa shape index (κ1) is 20.3. The Balaban J connectivity index is 1.67. The van der Waals surface area contributed by atoms with Crippen molar-refractivity contribution >= 4 is 28.3 Å². The predicted molar refractivity (Wildman–Crippen MR) is 118 cm³/mol. The zero-order chi connectivity index (χ0) is 21.1. The second-order valence-electron chi connectivity index (χ2n) is 8.07. The number of fused-ring (bicyclic) bond motifs is 1. The summed E-state index contributed by atoms with van der Waals surface area (Å²) in [6, 6.07) is 8.34. The summed E-state index contributed by atoms with van der Waals surface area (Å²) < 4.78 is 13.2. The first-order chi connectivity index (χ1) is 14.5. The fourth-order valence-corrected chi connectivity index (χ4v) is 4.06. The number of nitrogens with two attached hydrogens (primary N) is 1. The van der Waals surface area contributed by atoms with Crippen LogP contribution in [-0.4, -0.2) is 28.0 Å². The molecule has 1 aliphatic rings. The maximum Gasteiger partial charge on any atom is 0.259 e. The van der Waals surface area contributed by atoms with Crippen LogP contribution >= 0.6 is 0 Å². The molecule has 0 aliphatic heterocycles. The molecule has 1 fully saturated rings. The highest BCUT2D eigenvalue weighted by Gasteiger charge is 2.23. The minimum absolute atomic E-state index is 0.255. The summed E-state index contributed by atoms with van der Waals surface area (Å²) in [6.07, 6.45) is 7.42. The number of hydrogen-bond donors (Lipinski definition) is 4. The molecule has 5 N–H and O–H groups in total. The van der Waals surface area contributed by atoms with Gasteiger partial charge in [0.2, 0.25) is 0 Å². The summed E-state index contributed by atoms with van der Waals surface area (Å²) in [4.78, 5) is 20.9. The highest BCUT2D eigenvalue weighted by molar-refractivity contribution is 6.12. The second kappa shape index (κ2) is 8.83. The van der Waals surface area contributed by atoms with Gasteiger partial charge in [0.15, 0.2) is 0 Å². The molecule has 0 unspecified atom stereocenters. The van der Waals surface area contributed by atoms with E-state index < -0.39 is 0 Å². The van der Waals surface area contributed by atoms with Crippen LogP contribution in [0.15, 0.2) is 36.5 Å². The third-order valence-electron chi connectivity index (χ3n) is 5.70. The number of anilines is 2. The molecule has 1 aliphatic carbocycles. The van der Waals surface area contributed by atoms with Gasteiger partial charge in [-0.25, -0.2) is 9.37 Å². The molecular formula is C23H28FN5O. The summed E-state index contributed by atoms with van der Waals surface area (Å²) in [6.45, 7) is 2.13. The number of hydrogen-bond acceptors (Lipinski definition) is 4. The van der Waals surface area contributed by atoms with Crippen molar-refractivity contribution in [2.24, 2.45) is 5.73 Å². The number of H-pyrrole nitrogens is 1. The van der Waals surface area contributed by atoms with E-state index in [-0.39, 0.29) is 23.8 Å². The molecule has 158 valence electrons. The molecule has 6 nitrogen and oxygen atoms in total. The van der Waals surface area contributed by atoms with Gasteiger partial charge < -0.3 is 21.4 Å². The van der Waals surface area contributed by atoms with E-state index in [1.165, 1.54) is 12.1 Å². The standard InChI is InChI=1S/C23H28FN5O/c1-2-3-18-12-19-21(27-16-10-6-15(25)7-11-16)20(13-26-22(19)28-18)23(30)29-17-8-4-14(24)5-9-17/h4-5,8-9,12-13,15-16H,2-3,6-7,10-11,25H2,1H3,(H,29,30)(H2,26,27,28). The maximum atomic E-state index is 13.2. The maximum absolute atomic E-state index is 13.2. The molecule has 1 saturated carbocycles. The van der Waals surface area contributed by atoms with Gasteiger partial charge >= 0.3 is 0 Å². The summed E-state index contributed by atoms with van der Waals surface area (Å²) >= 11 is 0. The number of benzene rings is 1. The van der Waals surface area contributed by atoms with Crippen molar-refractivity contribution in [3.8, 4) is 0 Å². The van der Waals surface area contributed by atoms with Gasteiger partial charge in [-0.3, -0.25) is 4.79 Å². The van der Waals surface area contributed by atoms with E-state index in [0.717, 1.165) is 60.9 Å². The molecule has 0 bridgehead atoms. The lowest BCUT2D eigenvalue weighted by Gasteiger charge is -2.28. The predicted octanol–water partition coefficient (Wildman–Crippen LogP) is 4.59. The van der Waals surface area contributed by atoms with E-state index in [4.69, 9.17) is 5.73 Å². The second-order valence-corrected chi connectivity index (χ2v) is 8.07. The summed E-state index contributed by atoms with van der Waals surface area (Å²) in [5, 5.41) is 7.38. The van der Waals surface area contributed by atoms with Crippen molar-refractivity contribution in [2.45, 2.75) is 57.5 Å². The first-order valence-corrected chi connectivity index (χ1v) is 10.6. The average Bonchev–Trinajstić information content (AvgIpc) is 3.15. The normalized spacial score (nSPS) is 19.0. The van der Waals surface area contributed by atoms with E-state index >= 15 is 0 Å². The number of amides is 1. The first-order valence-electron chi connectivity index (χ1n) is 10.6. The van der Waals surface area contributed by atoms with Gasteiger partial charge in [0.25, 0.3) is 5.91 Å². The Morgan fingerprint density at radius 2 is 1.97 bits per heavy atom. The zero-order valence-electron chi connectivity index (χ0n) is 17.2. The van der Waals surface area contributed by atoms with E-state index in [1.807, 2.05) is 0 Å². The number of halogens is 1. The van der Waals surface area contributed by atoms with Crippen LogP contribution < -0.4 is 16.4 Å². The Morgan fingerprint density at radius 3 is 2.67 bits per heavy atom. The van der Waals surface area contributed by atoms with E-state index in [2.05, 4.69) is 33.6 Å². The molecule has 7 heteroatoms. The third kappa shape index (κ3) is 4.46. The largest absolute Gasteiger partial charge is 0.381 e. The fraction of sp³-hybridized carbons (Fsp3) is 0.391. The molecule has 1 amide bonds. The van der Waals surface area contributed by atoms with Gasteiger partial charge in [-0.05, 0) is 62.4 Å². The highest BCUT2D eigenvalue weighted by atomic mass is 19.1. The molecule has 3 aromatic rings.